The number of hydrogen-bond donors (Lipinski definition) is 1. The topological polar surface area (TPSA) is 37.3 Å². The van der Waals surface area contributed by atoms with E-state index in [1.165, 1.54) is 0 Å². The molecule has 70 valence electrons. The number of rotatable bonds is 2. The minimum absolute atomic E-state index is 0.0559. The molecule has 0 saturated heterocycles. The van der Waals surface area contributed by atoms with Crippen molar-refractivity contribution in [1.29, 1.82) is 0 Å². The fourth-order valence-electron chi connectivity index (χ4n) is 1.05. The van der Waals surface area contributed by atoms with Crippen molar-refractivity contribution in [2.45, 2.75) is 13.3 Å². The maximum Gasteiger partial charge on any atom is 0.307 e. The summed E-state index contributed by atoms with van der Waals surface area (Å²) in [5.74, 6) is -0.883. The molecule has 0 atom stereocenters. The van der Waals surface area contributed by atoms with E-state index in [0.717, 1.165) is 10.0 Å². The molecule has 13 heavy (non-hydrogen) atoms. The van der Waals surface area contributed by atoms with Gasteiger partial charge in [-0.3, -0.25) is 4.79 Å². The lowest BCUT2D eigenvalue weighted by atomic mass is 10.1. The van der Waals surface area contributed by atoms with E-state index >= 15 is 0 Å². The van der Waals surface area contributed by atoms with Crippen LogP contribution in [0, 0.1) is 6.92 Å². The number of halogens is 2. The molecule has 0 heterocycles. The van der Waals surface area contributed by atoms with Crippen LogP contribution in [0.2, 0.25) is 5.02 Å². The zero-order valence-electron chi connectivity index (χ0n) is 6.97. The lowest BCUT2D eigenvalue weighted by Crippen LogP contribution is -2.01. The number of hydrogen-bond acceptors (Lipinski definition) is 1. The highest BCUT2D eigenvalue weighted by molar-refractivity contribution is 9.10. The van der Waals surface area contributed by atoms with Crippen LogP contribution in [-0.2, 0) is 11.2 Å². The van der Waals surface area contributed by atoms with Gasteiger partial charge in [0.2, 0.25) is 0 Å². The molecule has 0 aliphatic heterocycles. The van der Waals surface area contributed by atoms with E-state index in [1.807, 2.05) is 13.0 Å². The van der Waals surface area contributed by atoms with E-state index in [4.69, 9.17) is 16.7 Å². The van der Waals surface area contributed by atoms with Gasteiger partial charge in [0.15, 0.2) is 0 Å². The third-order valence-corrected chi connectivity index (χ3v) is 2.66. The van der Waals surface area contributed by atoms with Gasteiger partial charge in [-0.25, -0.2) is 0 Å². The molecule has 0 unspecified atom stereocenters. The Balaban J connectivity index is 3.13. The summed E-state index contributed by atoms with van der Waals surface area (Å²) in [6.07, 6.45) is -0.0559. The van der Waals surface area contributed by atoms with Crippen LogP contribution in [0.15, 0.2) is 16.6 Å². The fraction of sp³-hybridized carbons (Fsp3) is 0.222. The first kappa shape index (κ1) is 10.5. The second-order valence-corrected chi connectivity index (χ2v) is 4.04. The number of carbonyl (C=O) groups is 1. The smallest absolute Gasteiger partial charge is 0.307 e. The Morgan fingerprint density at radius 1 is 1.62 bits per heavy atom. The summed E-state index contributed by atoms with van der Waals surface area (Å²) in [6.45, 7) is 1.90. The first-order valence-corrected chi connectivity index (χ1v) is 4.84. The van der Waals surface area contributed by atoms with Gasteiger partial charge >= 0.3 is 5.97 Å². The highest BCUT2D eigenvalue weighted by atomic mass is 79.9. The molecule has 0 aliphatic carbocycles. The first-order valence-electron chi connectivity index (χ1n) is 3.67. The average Bonchev–Trinajstić information content (AvgIpc) is 1.96. The van der Waals surface area contributed by atoms with Gasteiger partial charge in [0.25, 0.3) is 0 Å². The van der Waals surface area contributed by atoms with Crippen LogP contribution in [0.1, 0.15) is 11.1 Å². The number of aliphatic carboxylic acids is 1. The molecule has 1 N–H and O–H groups in total. The van der Waals surface area contributed by atoms with Crippen molar-refractivity contribution in [3.05, 3.63) is 32.8 Å². The Hall–Kier alpha value is -0.540. The predicted molar refractivity (Wildman–Crippen MR) is 55.2 cm³/mol. The molecule has 1 aromatic rings. The summed E-state index contributed by atoms with van der Waals surface area (Å²) in [5, 5.41) is 9.10. The summed E-state index contributed by atoms with van der Waals surface area (Å²) in [5.41, 5.74) is 1.63. The molecule has 0 bridgehead atoms. The van der Waals surface area contributed by atoms with Crippen LogP contribution < -0.4 is 0 Å². The molecule has 0 amide bonds. The molecular weight excluding hydrogens is 255 g/mol. The highest BCUT2D eigenvalue weighted by Gasteiger charge is 2.09. The van der Waals surface area contributed by atoms with Crippen molar-refractivity contribution >= 4 is 33.5 Å². The molecular formula is C9H8BrClO2. The van der Waals surface area contributed by atoms with Crippen molar-refractivity contribution in [1.82, 2.24) is 0 Å². The third-order valence-electron chi connectivity index (χ3n) is 1.61. The van der Waals surface area contributed by atoms with Crippen LogP contribution >= 0.6 is 27.5 Å². The summed E-state index contributed by atoms with van der Waals surface area (Å²) in [4.78, 5) is 10.5. The van der Waals surface area contributed by atoms with E-state index in [-0.39, 0.29) is 6.42 Å². The van der Waals surface area contributed by atoms with Gasteiger partial charge in [-0.05, 0) is 30.2 Å². The SMILES string of the molecule is Cc1cc(Cl)c(CC(=O)O)c(Br)c1. The van der Waals surface area contributed by atoms with Crippen LogP contribution in [0.3, 0.4) is 0 Å². The number of carboxylic acid groups (broad SMARTS) is 1. The van der Waals surface area contributed by atoms with Gasteiger partial charge in [-0.1, -0.05) is 27.5 Å². The van der Waals surface area contributed by atoms with E-state index in [1.54, 1.807) is 6.07 Å². The molecule has 0 aliphatic rings. The monoisotopic (exact) mass is 262 g/mol. The lowest BCUT2D eigenvalue weighted by molar-refractivity contribution is -0.136. The molecule has 0 aromatic heterocycles. The summed E-state index contributed by atoms with van der Waals surface area (Å²) in [7, 11) is 0. The molecule has 0 fully saturated rings. The first-order chi connectivity index (χ1) is 6.00. The van der Waals surface area contributed by atoms with Crippen LogP contribution in [-0.4, -0.2) is 11.1 Å². The Labute approximate surface area is 89.7 Å². The number of aryl methyl sites for hydroxylation is 1. The van der Waals surface area contributed by atoms with Crippen molar-refractivity contribution in [3.63, 3.8) is 0 Å². The Kier molecular flexibility index (Phi) is 3.33. The van der Waals surface area contributed by atoms with Crippen molar-refractivity contribution in [3.8, 4) is 0 Å². The maximum atomic E-state index is 10.5. The van der Waals surface area contributed by atoms with Gasteiger partial charge in [0.1, 0.15) is 0 Å². The van der Waals surface area contributed by atoms with Gasteiger partial charge in [-0.15, -0.1) is 0 Å². The molecule has 1 aromatic carbocycles. The van der Waals surface area contributed by atoms with E-state index in [9.17, 15) is 4.79 Å². The van der Waals surface area contributed by atoms with E-state index in [0.29, 0.717) is 10.6 Å². The number of benzene rings is 1. The zero-order valence-corrected chi connectivity index (χ0v) is 9.32. The predicted octanol–water partition coefficient (Wildman–Crippen LogP) is 3.04. The fourth-order valence-corrected chi connectivity index (χ4v) is 2.22. The molecule has 0 radical (unpaired) electrons. The Morgan fingerprint density at radius 3 is 2.69 bits per heavy atom. The Bertz CT molecular complexity index is 326. The van der Waals surface area contributed by atoms with Gasteiger partial charge < -0.3 is 5.11 Å². The van der Waals surface area contributed by atoms with Crippen LogP contribution in [0.5, 0.6) is 0 Å². The second kappa shape index (κ2) is 4.11. The normalized spacial score (nSPS) is 10.1. The highest BCUT2D eigenvalue weighted by Crippen LogP contribution is 2.27. The lowest BCUT2D eigenvalue weighted by Gasteiger charge is -2.05. The van der Waals surface area contributed by atoms with Crippen molar-refractivity contribution in [2.24, 2.45) is 0 Å². The second-order valence-electron chi connectivity index (χ2n) is 2.78. The summed E-state index contributed by atoms with van der Waals surface area (Å²) in [6, 6.07) is 3.61. The van der Waals surface area contributed by atoms with Crippen LogP contribution in [0.25, 0.3) is 0 Å². The van der Waals surface area contributed by atoms with Crippen LogP contribution in [0.4, 0.5) is 0 Å². The Morgan fingerprint density at radius 2 is 2.23 bits per heavy atom. The van der Waals surface area contributed by atoms with Gasteiger partial charge in [-0.2, -0.15) is 0 Å². The van der Waals surface area contributed by atoms with E-state index in [2.05, 4.69) is 15.9 Å². The minimum Gasteiger partial charge on any atom is -0.481 e. The maximum absolute atomic E-state index is 10.5. The largest absolute Gasteiger partial charge is 0.481 e. The third kappa shape index (κ3) is 2.71. The number of carboxylic acids is 1. The molecule has 0 spiro atoms. The molecule has 1 rings (SSSR count). The van der Waals surface area contributed by atoms with Crippen molar-refractivity contribution in [2.75, 3.05) is 0 Å². The van der Waals surface area contributed by atoms with Gasteiger partial charge in [0.05, 0.1) is 6.42 Å². The van der Waals surface area contributed by atoms with Crippen molar-refractivity contribution < 1.29 is 9.90 Å². The minimum atomic E-state index is -0.883. The van der Waals surface area contributed by atoms with E-state index < -0.39 is 5.97 Å². The summed E-state index contributed by atoms with van der Waals surface area (Å²) >= 11 is 9.16. The quantitative estimate of drug-likeness (QED) is 0.890. The molecule has 0 saturated carbocycles. The molecule has 4 heteroatoms. The average molecular weight is 264 g/mol. The molecule has 2 nitrogen and oxygen atoms in total. The standard InChI is InChI=1S/C9H8BrClO2/c1-5-2-7(10)6(4-9(12)13)8(11)3-5/h2-3H,4H2,1H3,(H,12,13). The zero-order chi connectivity index (χ0) is 10.0. The van der Waals surface area contributed by atoms with Gasteiger partial charge in [0, 0.05) is 9.50 Å². The summed E-state index contributed by atoms with van der Waals surface area (Å²) < 4.78 is 0.750.